The average molecular weight is 260 g/mol. The molecule has 19 heavy (non-hydrogen) atoms. The zero-order valence-electron chi connectivity index (χ0n) is 12.7. The van der Waals surface area contributed by atoms with Gasteiger partial charge in [-0.3, -0.25) is 0 Å². The highest BCUT2D eigenvalue weighted by atomic mass is 15.1. The van der Waals surface area contributed by atoms with Crippen LogP contribution in [0.3, 0.4) is 0 Å². The molecule has 1 aromatic carbocycles. The summed E-state index contributed by atoms with van der Waals surface area (Å²) in [7, 11) is 2.25. The number of nitrogens with zero attached hydrogens (tertiary/aromatic N) is 1. The van der Waals surface area contributed by atoms with Crippen molar-refractivity contribution in [2.45, 2.75) is 45.6 Å². The molecule has 0 aliphatic carbocycles. The van der Waals surface area contributed by atoms with Crippen LogP contribution < -0.4 is 5.32 Å². The molecule has 2 nitrogen and oxygen atoms in total. The molecule has 0 aromatic heterocycles. The highest BCUT2D eigenvalue weighted by molar-refractivity contribution is 5.30. The molecule has 1 aliphatic heterocycles. The second-order valence-corrected chi connectivity index (χ2v) is 6.09. The molecule has 2 heteroatoms. The van der Waals surface area contributed by atoms with E-state index in [-0.39, 0.29) is 0 Å². The van der Waals surface area contributed by atoms with Crippen molar-refractivity contribution >= 4 is 0 Å². The fourth-order valence-corrected chi connectivity index (χ4v) is 2.93. The Morgan fingerprint density at radius 3 is 2.84 bits per heavy atom. The molecule has 1 saturated heterocycles. The molecular formula is C17H28N2. The molecule has 2 rings (SSSR count). The number of piperidine rings is 1. The van der Waals surface area contributed by atoms with E-state index in [1.54, 1.807) is 0 Å². The molecule has 1 aromatic rings. The van der Waals surface area contributed by atoms with E-state index >= 15 is 0 Å². The number of hydrogen-bond acceptors (Lipinski definition) is 2. The van der Waals surface area contributed by atoms with Crippen LogP contribution in [0.25, 0.3) is 0 Å². The predicted octanol–water partition coefficient (Wildman–Crippen LogP) is 2.92. The van der Waals surface area contributed by atoms with Gasteiger partial charge in [-0.15, -0.1) is 0 Å². The van der Waals surface area contributed by atoms with Gasteiger partial charge in [-0.05, 0) is 57.8 Å². The van der Waals surface area contributed by atoms with E-state index in [0.717, 1.165) is 13.0 Å². The Hall–Kier alpha value is -0.860. The molecule has 106 valence electrons. The third-order valence-electron chi connectivity index (χ3n) is 4.21. The lowest BCUT2D eigenvalue weighted by Gasteiger charge is -2.28. The van der Waals surface area contributed by atoms with Crippen LogP contribution in [0.2, 0.25) is 0 Å². The molecule has 0 bridgehead atoms. The van der Waals surface area contributed by atoms with Gasteiger partial charge in [0.2, 0.25) is 0 Å². The van der Waals surface area contributed by atoms with E-state index in [1.165, 1.54) is 49.0 Å². The Morgan fingerprint density at radius 1 is 1.26 bits per heavy atom. The van der Waals surface area contributed by atoms with Crippen LogP contribution in [0.4, 0.5) is 0 Å². The zero-order chi connectivity index (χ0) is 13.7. The van der Waals surface area contributed by atoms with E-state index in [4.69, 9.17) is 0 Å². The first kappa shape index (κ1) is 14.5. The van der Waals surface area contributed by atoms with Crippen molar-refractivity contribution in [2.24, 2.45) is 0 Å². The summed E-state index contributed by atoms with van der Waals surface area (Å²) in [5.74, 6) is 0. The molecule has 1 heterocycles. The Bertz CT molecular complexity index is 394. The van der Waals surface area contributed by atoms with Crippen molar-refractivity contribution in [1.29, 1.82) is 0 Å². The van der Waals surface area contributed by atoms with Crippen LogP contribution in [-0.4, -0.2) is 37.6 Å². The van der Waals surface area contributed by atoms with Gasteiger partial charge in [0, 0.05) is 19.1 Å². The van der Waals surface area contributed by atoms with E-state index in [2.05, 4.69) is 49.3 Å². The molecule has 1 unspecified atom stereocenters. The third kappa shape index (κ3) is 4.63. The molecule has 0 saturated carbocycles. The number of aryl methyl sites for hydroxylation is 2. The highest BCUT2D eigenvalue weighted by Gasteiger charge is 2.14. The lowest BCUT2D eigenvalue weighted by Crippen LogP contribution is -2.42. The second kappa shape index (κ2) is 7.06. The predicted molar refractivity (Wildman–Crippen MR) is 82.8 cm³/mol. The summed E-state index contributed by atoms with van der Waals surface area (Å²) < 4.78 is 0. The minimum atomic E-state index is 0.706. The van der Waals surface area contributed by atoms with E-state index in [0.29, 0.717) is 6.04 Å². The number of likely N-dealkylation sites (N-methyl/N-ethyl adjacent to an activating group) is 1. The minimum absolute atomic E-state index is 0.706. The first-order chi connectivity index (χ1) is 9.15. The minimum Gasteiger partial charge on any atom is -0.313 e. The van der Waals surface area contributed by atoms with Gasteiger partial charge in [0.05, 0.1) is 0 Å². The van der Waals surface area contributed by atoms with Crippen molar-refractivity contribution < 1.29 is 0 Å². The van der Waals surface area contributed by atoms with Crippen LogP contribution >= 0.6 is 0 Å². The van der Waals surface area contributed by atoms with Crippen LogP contribution in [0, 0.1) is 13.8 Å². The number of rotatable bonds is 5. The molecule has 0 spiro atoms. The van der Waals surface area contributed by atoms with E-state index < -0.39 is 0 Å². The Morgan fingerprint density at radius 2 is 2.11 bits per heavy atom. The van der Waals surface area contributed by atoms with E-state index in [9.17, 15) is 0 Å². The van der Waals surface area contributed by atoms with Crippen LogP contribution in [0.5, 0.6) is 0 Å². The molecule has 1 atom stereocenters. The van der Waals surface area contributed by atoms with Gasteiger partial charge in [0.15, 0.2) is 0 Å². The van der Waals surface area contributed by atoms with Crippen molar-refractivity contribution in [3.63, 3.8) is 0 Å². The van der Waals surface area contributed by atoms with Gasteiger partial charge in [-0.2, -0.15) is 0 Å². The Kier molecular flexibility index (Phi) is 5.41. The topological polar surface area (TPSA) is 15.3 Å². The van der Waals surface area contributed by atoms with Gasteiger partial charge >= 0.3 is 0 Å². The third-order valence-corrected chi connectivity index (χ3v) is 4.21. The fraction of sp³-hybridized carbons (Fsp3) is 0.647. The maximum atomic E-state index is 3.63. The molecule has 1 N–H and O–H groups in total. The van der Waals surface area contributed by atoms with Crippen molar-refractivity contribution in [2.75, 3.05) is 26.7 Å². The van der Waals surface area contributed by atoms with Gasteiger partial charge in [-0.25, -0.2) is 0 Å². The van der Waals surface area contributed by atoms with Crippen molar-refractivity contribution in [3.8, 4) is 0 Å². The molecule has 1 aliphatic rings. The summed E-state index contributed by atoms with van der Waals surface area (Å²) >= 11 is 0. The summed E-state index contributed by atoms with van der Waals surface area (Å²) in [6.07, 6.45) is 5.25. The summed E-state index contributed by atoms with van der Waals surface area (Å²) in [5, 5.41) is 3.63. The second-order valence-electron chi connectivity index (χ2n) is 6.09. The van der Waals surface area contributed by atoms with E-state index in [1.807, 2.05) is 0 Å². The summed E-state index contributed by atoms with van der Waals surface area (Å²) in [6.45, 7) is 7.94. The summed E-state index contributed by atoms with van der Waals surface area (Å²) in [6, 6.07) is 7.49. The van der Waals surface area contributed by atoms with Gasteiger partial charge in [-0.1, -0.05) is 30.2 Å². The summed E-state index contributed by atoms with van der Waals surface area (Å²) in [5.41, 5.74) is 4.30. The Balaban J connectivity index is 1.79. The molecule has 0 radical (unpaired) electrons. The zero-order valence-corrected chi connectivity index (χ0v) is 12.7. The fourth-order valence-electron chi connectivity index (χ4n) is 2.93. The normalized spacial score (nSPS) is 19.9. The molecule has 1 fully saturated rings. The molecular weight excluding hydrogens is 232 g/mol. The first-order valence-electron chi connectivity index (χ1n) is 7.63. The van der Waals surface area contributed by atoms with Gasteiger partial charge in [0.25, 0.3) is 0 Å². The average Bonchev–Trinajstić information content (AvgIpc) is 2.41. The standard InChI is InChI=1S/C17H28N2/c1-14-7-8-15(2)16(12-14)9-11-19(3)13-17-6-4-5-10-18-17/h7-8,12,17-18H,4-6,9-11,13H2,1-3H3. The maximum Gasteiger partial charge on any atom is 0.0194 e. The monoisotopic (exact) mass is 260 g/mol. The first-order valence-corrected chi connectivity index (χ1v) is 7.63. The van der Waals surface area contributed by atoms with Crippen LogP contribution in [-0.2, 0) is 6.42 Å². The SMILES string of the molecule is Cc1ccc(C)c(CCN(C)CC2CCCCN2)c1. The maximum absolute atomic E-state index is 3.63. The lowest BCUT2D eigenvalue weighted by atomic mass is 10.0. The number of benzene rings is 1. The van der Waals surface area contributed by atoms with Crippen LogP contribution in [0.1, 0.15) is 36.0 Å². The number of hydrogen-bond donors (Lipinski definition) is 1. The van der Waals surface area contributed by atoms with Crippen molar-refractivity contribution in [3.05, 3.63) is 34.9 Å². The Labute approximate surface area is 118 Å². The smallest absolute Gasteiger partial charge is 0.0194 e. The quantitative estimate of drug-likeness (QED) is 0.875. The van der Waals surface area contributed by atoms with Crippen LogP contribution in [0.15, 0.2) is 18.2 Å². The van der Waals surface area contributed by atoms with Gasteiger partial charge in [0.1, 0.15) is 0 Å². The van der Waals surface area contributed by atoms with Crippen molar-refractivity contribution in [1.82, 2.24) is 10.2 Å². The summed E-state index contributed by atoms with van der Waals surface area (Å²) in [4.78, 5) is 2.48. The highest BCUT2D eigenvalue weighted by Crippen LogP contribution is 2.12. The number of nitrogens with one attached hydrogen (secondary N) is 1. The van der Waals surface area contributed by atoms with Gasteiger partial charge < -0.3 is 10.2 Å². The largest absolute Gasteiger partial charge is 0.313 e. The lowest BCUT2D eigenvalue weighted by molar-refractivity contribution is 0.264. The molecule has 0 amide bonds.